The van der Waals surface area contributed by atoms with Gasteiger partial charge in [-0.05, 0) is 18.6 Å². The largest absolute Gasteiger partial charge is 0.378 e. The van der Waals surface area contributed by atoms with Gasteiger partial charge in [0.2, 0.25) is 0 Å². The summed E-state index contributed by atoms with van der Waals surface area (Å²) in [6.07, 6.45) is 2.62. The van der Waals surface area contributed by atoms with Crippen molar-refractivity contribution in [3.05, 3.63) is 23.7 Å². The molecule has 19 heavy (non-hydrogen) atoms. The number of aryl methyl sites for hydroxylation is 2. The van der Waals surface area contributed by atoms with Crippen molar-refractivity contribution < 1.29 is 4.74 Å². The fourth-order valence-electron chi connectivity index (χ4n) is 2.40. The van der Waals surface area contributed by atoms with Crippen LogP contribution in [0, 0.1) is 6.92 Å². The molecule has 0 saturated carbocycles. The van der Waals surface area contributed by atoms with E-state index in [1.54, 1.807) is 0 Å². The monoisotopic (exact) mass is 280 g/mol. The molecule has 0 aliphatic carbocycles. The fraction of sp³-hybridized carbons (Fsp3) is 0.538. The van der Waals surface area contributed by atoms with Crippen LogP contribution in [0.2, 0.25) is 0 Å². The van der Waals surface area contributed by atoms with Crippen LogP contribution >= 0.6 is 11.6 Å². The lowest BCUT2D eigenvalue weighted by Gasteiger charge is -2.30. The first-order valence-corrected chi connectivity index (χ1v) is 7.06. The van der Waals surface area contributed by atoms with Crippen LogP contribution in [0.3, 0.4) is 0 Å². The molecule has 5 nitrogen and oxygen atoms in total. The standard InChI is InChI=1S/C13H17ClN4O/c1-10-8-11-13(15-9-10)18(12(16-11)2-3-14)17-4-6-19-7-5-17/h8-9H,2-7H2,1H3. The second-order valence-electron chi connectivity index (χ2n) is 4.70. The zero-order chi connectivity index (χ0) is 13.2. The third-order valence-corrected chi connectivity index (χ3v) is 3.46. The van der Waals surface area contributed by atoms with Crippen molar-refractivity contribution in [1.82, 2.24) is 14.6 Å². The summed E-state index contributed by atoms with van der Waals surface area (Å²) in [6.45, 7) is 5.23. The molecule has 0 bridgehead atoms. The van der Waals surface area contributed by atoms with Crippen LogP contribution in [0.1, 0.15) is 11.4 Å². The van der Waals surface area contributed by atoms with E-state index < -0.39 is 0 Å². The summed E-state index contributed by atoms with van der Waals surface area (Å²) >= 11 is 5.89. The van der Waals surface area contributed by atoms with Gasteiger partial charge in [-0.25, -0.2) is 14.6 Å². The fourth-order valence-corrected chi connectivity index (χ4v) is 2.57. The summed E-state index contributed by atoms with van der Waals surface area (Å²) in [6, 6.07) is 2.07. The Kier molecular flexibility index (Phi) is 3.57. The van der Waals surface area contributed by atoms with Gasteiger partial charge in [0.05, 0.1) is 26.3 Å². The van der Waals surface area contributed by atoms with Crippen molar-refractivity contribution in [2.45, 2.75) is 13.3 Å². The van der Waals surface area contributed by atoms with Crippen molar-refractivity contribution in [2.75, 3.05) is 37.2 Å². The topological polar surface area (TPSA) is 43.2 Å². The molecule has 6 heteroatoms. The molecule has 3 heterocycles. The molecule has 0 N–H and O–H groups in total. The SMILES string of the molecule is Cc1cnc2c(c1)nc(CCCl)n2N1CCOCC1. The minimum absolute atomic E-state index is 0.562. The molecule has 1 aliphatic heterocycles. The first-order chi connectivity index (χ1) is 9.29. The number of halogens is 1. The van der Waals surface area contributed by atoms with Crippen LogP contribution in [0.25, 0.3) is 11.2 Å². The summed E-state index contributed by atoms with van der Waals surface area (Å²) in [4.78, 5) is 9.21. The van der Waals surface area contributed by atoms with E-state index in [4.69, 9.17) is 16.3 Å². The minimum atomic E-state index is 0.562. The molecule has 102 valence electrons. The van der Waals surface area contributed by atoms with E-state index in [1.807, 2.05) is 13.1 Å². The van der Waals surface area contributed by atoms with Crippen LogP contribution < -0.4 is 5.01 Å². The Bertz CT molecular complexity index is 577. The van der Waals surface area contributed by atoms with Crippen LogP contribution in [0.5, 0.6) is 0 Å². The number of morpholine rings is 1. The second kappa shape index (κ2) is 5.35. The van der Waals surface area contributed by atoms with E-state index >= 15 is 0 Å². The smallest absolute Gasteiger partial charge is 0.179 e. The lowest BCUT2D eigenvalue weighted by Crippen LogP contribution is -2.44. The van der Waals surface area contributed by atoms with Crippen molar-refractivity contribution in [3.63, 3.8) is 0 Å². The molecular formula is C13H17ClN4O. The summed E-state index contributed by atoms with van der Waals surface area (Å²) in [5.74, 6) is 1.54. The van der Waals surface area contributed by atoms with E-state index in [-0.39, 0.29) is 0 Å². The highest BCUT2D eigenvalue weighted by molar-refractivity contribution is 6.17. The normalized spacial score (nSPS) is 16.2. The van der Waals surface area contributed by atoms with Gasteiger partial charge in [-0.3, -0.25) is 0 Å². The second-order valence-corrected chi connectivity index (χ2v) is 5.08. The third kappa shape index (κ3) is 2.40. The molecule has 0 amide bonds. The zero-order valence-corrected chi connectivity index (χ0v) is 11.7. The highest BCUT2D eigenvalue weighted by Crippen LogP contribution is 2.17. The van der Waals surface area contributed by atoms with Crippen molar-refractivity contribution in [3.8, 4) is 0 Å². The van der Waals surface area contributed by atoms with E-state index in [0.29, 0.717) is 5.88 Å². The first-order valence-electron chi connectivity index (χ1n) is 6.52. The average molecular weight is 281 g/mol. The van der Waals surface area contributed by atoms with Crippen molar-refractivity contribution >= 4 is 22.8 Å². The van der Waals surface area contributed by atoms with E-state index in [0.717, 1.165) is 55.3 Å². The Morgan fingerprint density at radius 2 is 2.16 bits per heavy atom. The van der Waals surface area contributed by atoms with E-state index in [9.17, 15) is 0 Å². The number of fused-ring (bicyclic) bond motifs is 1. The van der Waals surface area contributed by atoms with Gasteiger partial charge in [-0.1, -0.05) is 0 Å². The predicted molar refractivity (Wildman–Crippen MR) is 75.5 cm³/mol. The van der Waals surface area contributed by atoms with Gasteiger partial charge in [0.15, 0.2) is 5.65 Å². The maximum atomic E-state index is 5.89. The molecule has 1 aliphatic rings. The maximum absolute atomic E-state index is 5.89. The number of nitrogens with zero attached hydrogens (tertiary/aromatic N) is 4. The third-order valence-electron chi connectivity index (χ3n) is 3.27. The van der Waals surface area contributed by atoms with E-state index in [2.05, 4.69) is 25.7 Å². The Balaban J connectivity index is 2.09. The van der Waals surface area contributed by atoms with Crippen LogP contribution in [-0.2, 0) is 11.2 Å². The Morgan fingerprint density at radius 1 is 1.37 bits per heavy atom. The lowest BCUT2D eigenvalue weighted by molar-refractivity contribution is 0.111. The number of hydrogen-bond donors (Lipinski definition) is 0. The van der Waals surface area contributed by atoms with Gasteiger partial charge >= 0.3 is 0 Å². The number of aromatic nitrogens is 3. The molecule has 1 saturated heterocycles. The number of rotatable bonds is 3. The molecule has 0 aromatic carbocycles. The quantitative estimate of drug-likeness (QED) is 0.799. The van der Waals surface area contributed by atoms with Gasteiger partial charge < -0.3 is 9.75 Å². The Hall–Kier alpha value is -1.33. The van der Waals surface area contributed by atoms with Crippen molar-refractivity contribution in [1.29, 1.82) is 0 Å². The van der Waals surface area contributed by atoms with Crippen LogP contribution in [0.4, 0.5) is 0 Å². The molecule has 2 aromatic rings. The van der Waals surface area contributed by atoms with Crippen LogP contribution in [-0.4, -0.2) is 46.8 Å². The van der Waals surface area contributed by atoms with Gasteiger partial charge in [0.25, 0.3) is 0 Å². The first kappa shape index (κ1) is 12.7. The van der Waals surface area contributed by atoms with Gasteiger partial charge in [0, 0.05) is 18.5 Å². The highest BCUT2D eigenvalue weighted by Gasteiger charge is 2.19. The van der Waals surface area contributed by atoms with Gasteiger partial charge in [-0.2, -0.15) is 0 Å². The molecule has 0 unspecified atom stereocenters. The summed E-state index contributed by atoms with van der Waals surface area (Å²) in [5.41, 5.74) is 2.97. The number of alkyl halides is 1. The van der Waals surface area contributed by atoms with Crippen LogP contribution in [0.15, 0.2) is 12.3 Å². The average Bonchev–Trinajstić information content (AvgIpc) is 2.77. The molecule has 0 radical (unpaired) electrons. The van der Waals surface area contributed by atoms with Gasteiger partial charge in [0.1, 0.15) is 11.3 Å². The molecule has 1 fully saturated rings. The molecule has 0 spiro atoms. The molecular weight excluding hydrogens is 264 g/mol. The molecule has 3 rings (SSSR count). The number of pyridine rings is 1. The predicted octanol–water partition coefficient (Wildman–Crippen LogP) is 1.49. The summed E-state index contributed by atoms with van der Waals surface area (Å²) in [7, 11) is 0. The zero-order valence-electron chi connectivity index (χ0n) is 11.0. The number of ether oxygens (including phenoxy) is 1. The Labute approximate surface area is 117 Å². The number of imidazole rings is 1. The molecule has 2 aromatic heterocycles. The highest BCUT2D eigenvalue weighted by atomic mass is 35.5. The summed E-state index contributed by atoms with van der Waals surface area (Å²) < 4.78 is 7.52. The number of hydrogen-bond acceptors (Lipinski definition) is 4. The lowest BCUT2D eigenvalue weighted by atomic mass is 10.3. The van der Waals surface area contributed by atoms with Gasteiger partial charge in [-0.15, -0.1) is 11.6 Å². The molecule has 0 atom stereocenters. The Morgan fingerprint density at radius 3 is 2.89 bits per heavy atom. The summed E-state index contributed by atoms with van der Waals surface area (Å²) in [5, 5.41) is 2.24. The van der Waals surface area contributed by atoms with E-state index in [1.165, 1.54) is 0 Å². The maximum Gasteiger partial charge on any atom is 0.179 e. The van der Waals surface area contributed by atoms with Crippen molar-refractivity contribution in [2.24, 2.45) is 0 Å². The minimum Gasteiger partial charge on any atom is -0.378 e.